The molecular weight excluding hydrogens is 535 g/mol. The second kappa shape index (κ2) is 10.5. The van der Waals surface area contributed by atoms with Crippen LogP contribution in [-0.4, -0.2) is 39.7 Å². The summed E-state index contributed by atoms with van der Waals surface area (Å²) in [6, 6.07) is 6.90. The first-order chi connectivity index (χ1) is 19.6. The molecule has 2 aliphatic heterocycles. The maximum atomic E-state index is 15.7. The number of rotatable bonds is 5. The molecule has 222 valence electrons. The lowest BCUT2D eigenvalue weighted by Crippen LogP contribution is -2.45. The fourth-order valence-corrected chi connectivity index (χ4v) is 6.33. The number of anilines is 1. The molecule has 1 amide bonds. The van der Waals surface area contributed by atoms with E-state index in [4.69, 9.17) is 9.47 Å². The number of carboxylic acids is 1. The number of aromatic nitrogens is 1. The van der Waals surface area contributed by atoms with Gasteiger partial charge in [0.2, 0.25) is 0 Å². The molecule has 0 radical (unpaired) electrons. The summed E-state index contributed by atoms with van der Waals surface area (Å²) in [4.78, 5) is 32.9. The molecule has 2 aromatic carbocycles. The molecule has 0 aliphatic carbocycles. The summed E-state index contributed by atoms with van der Waals surface area (Å²) in [6.07, 6.45) is 2.13. The van der Waals surface area contributed by atoms with Crippen LogP contribution in [0.25, 0.3) is 11.1 Å². The number of halogens is 1. The van der Waals surface area contributed by atoms with E-state index in [1.807, 2.05) is 61.5 Å². The van der Waals surface area contributed by atoms with Crippen molar-refractivity contribution in [2.75, 3.05) is 11.5 Å². The number of benzene rings is 2. The first kappa shape index (κ1) is 29.7. The van der Waals surface area contributed by atoms with Gasteiger partial charge in [0.05, 0.1) is 17.8 Å². The number of amides is 1. The number of ether oxygens (including phenoxy) is 2. The van der Waals surface area contributed by atoms with Gasteiger partial charge in [-0.25, -0.2) is 9.18 Å². The maximum Gasteiger partial charge on any atom is 0.337 e. The van der Waals surface area contributed by atoms with Gasteiger partial charge in [-0.15, -0.1) is 0 Å². The van der Waals surface area contributed by atoms with Crippen molar-refractivity contribution < 1.29 is 28.6 Å². The Bertz CT molecular complexity index is 1590. The highest BCUT2D eigenvalue weighted by atomic mass is 19.1. The molecular formula is C34H39FN2O5. The molecule has 8 heteroatoms. The molecule has 0 saturated heterocycles. The van der Waals surface area contributed by atoms with Crippen molar-refractivity contribution in [2.45, 2.75) is 91.9 Å². The summed E-state index contributed by atoms with van der Waals surface area (Å²) in [6.45, 7) is 15.5. The van der Waals surface area contributed by atoms with E-state index in [1.54, 1.807) is 23.2 Å². The summed E-state index contributed by atoms with van der Waals surface area (Å²) < 4.78 is 27.6. The largest absolute Gasteiger partial charge is 0.490 e. The van der Waals surface area contributed by atoms with Crippen molar-refractivity contribution in [3.8, 4) is 16.9 Å². The Balaban J connectivity index is 1.83. The summed E-state index contributed by atoms with van der Waals surface area (Å²) in [7, 11) is 0. The second-order valence-electron chi connectivity index (χ2n) is 13.0. The molecule has 0 saturated carbocycles. The molecule has 3 heterocycles. The monoisotopic (exact) mass is 574 g/mol. The van der Waals surface area contributed by atoms with E-state index in [1.165, 1.54) is 6.07 Å². The van der Waals surface area contributed by atoms with Crippen molar-refractivity contribution in [3.05, 3.63) is 75.4 Å². The van der Waals surface area contributed by atoms with Gasteiger partial charge in [-0.2, -0.15) is 0 Å². The van der Waals surface area contributed by atoms with Gasteiger partial charge < -0.3 is 19.5 Å². The molecule has 2 aliphatic rings. The highest BCUT2D eigenvalue weighted by molar-refractivity contribution is 6.09. The van der Waals surface area contributed by atoms with Crippen LogP contribution < -0.4 is 9.64 Å². The van der Waals surface area contributed by atoms with E-state index in [2.05, 4.69) is 4.98 Å². The van der Waals surface area contributed by atoms with Crippen molar-refractivity contribution in [2.24, 2.45) is 0 Å². The third-order valence-electron chi connectivity index (χ3n) is 8.14. The average Bonchev–Trinajstić information content (AvgIpc) is 3.17. The highest BCUT2D eigenvalue weighted by Gasteiger charge is 2.44. The van der Waals surface area contributed by atoms with Crippen LogP contribution in [-0.2, 0) is 22.4 Å². The minimum Gasteiger partial charge on any atom is -0.490 e. The summed E-state index contributed by atoms with van der Waals surface area (Å²) in [5, 5.41) is 10.5. The Morgan fingerprint density at radius 2 is 1.86 bits per heavy atom. The summed E-state index contributed by atoms with van der Waals surface area (Å²) >= 11 is 0. The molecule has 7 nitrogen and oxygen atoms in total. The third kappa shape index (κ3) is 5.17. The Hall–Kier alpha value is -3.78. The zero-order chi connectivity index (χ0) is 30.7. The molecule has 1 aromatic heterocycles. The number of aryl methyl sites for hydroxylation is 2. The Morgan fingerprint density at radius 1 is 1.14 bits per heavy atom. The SMILES string of the molecule is Cc1ccc(C(=O)N2c3cc(C)c([C@H](OC(C)(C)C)C(=O)O)c(-c4cc(F)c5c(c4C)CCCO5)c3CC2(C)C)cn1. The number of hydrogen-bond acceptors (Lipinski definition) is 5. The molecule has 0 fully saturated rings. The number of pyridine rings is 1. The molecule has 0 bridgehead atoms. The van der Waals surface area contributed by atoms with E-state index in [0.717, 1.165) is 28.8 Å². The topological polar surface area (TPSA) is 89.0 Å². The molecule has 3 aromatic rings. The Labute approximate surface area is 246 Å². The predicted molar refractivity (Wildman–Crippen MR) is 160 cm³/mol. The number of aliphatic carboxylic acids is 1. The molecule has 0 unspecified atom stereocenters. The molecule has 42 heavy (non-hydrogen) atoms. The number of carboxylic acid groups (broad SMARTS) is 1. The average molecular weight is 575 g/mol. The normalized spacial score (nSPS) is 16.5. The molecule has 1 N–H and O–H groups in total. The van der Waals surface area contributed by atoms with Gasteiger partial charge in [0, 0.05) is 34.2 Å². The third-order valence-corrected chi connectivity index (χ3v) is 8.14. The van der Waals surface area contributed by atoms with Gasteiger partial charge >= 0.3 is 5.97 Å². The van der Waals surface area contributed by atoms with Crippen LogP contribution in [0.1, 0.15) is 91.0 Å². The van der Waals surface area contributed by atoms with Crippen LogP contribution in [0.15, 0.2) is 30.5 Å². The van der Waals surface area contributed by atoms with E-state index in [0.29, 0.717) is 53.0 Å². The lowest BCUT2D eigenvalue weighted by Gasteiger charge is -2.33. The quantitative estimate of drug-likeness (QED) is 0.351. The van der Waals surface area contributed by atoms with E-state index in [9.17, 15) is 14.7 Å². The van der Waals surface area contributed by atoms with Gasteiger partial charge in [0.15, 0.2) is 17.7 Å². The first-order valence-electron chi connectivity index (χ1n) is 14.4. The van der Waals surface area contributed by atoms with E-state index < -0.39 is 29.0 Å². The van der Waals surface area contributed by atoms with Crippen molar-refractivity contribution in [1.82, 2.24) is 4.98 Å². The van der Waals surface area contributed by atoms with Crippen LogP contribution in [0.4, 0.5) is 10.1 Å². The van der Waals surface area contributed by atoms with Crippen LogP contribution in [0, 0.1) is 26.6 Å². The van der Waals surface area contributed by atoms with Crippen molar-refractivity contribution in [3.63, 3.8) is 0 Å². The first-order valence-corrected chi connectivity index (χ1v) is 14.4. The van der Waals surface area contributed by atoms with Gasteiger partial charge in [-0.1, -0.05) is 0 Å². The Morgan fingerprint density at radius 3 is 2.48 bits per heavy atom. The Kier molecular flexibility index (Phi) is 7.42. The highest BCUT2D eigenvalue weighted by Crippen LogP contribution is 2.51. The molecule has 1 atom stereocenters. The van der Waals surface area contributed by atoms with Crippen LogP contribution >= 0.6 is 0 Å². The smallest absolute Gasteiger partial charge is 0.337 e. The molecule has 5 rings (SSSR count). The molecule has 0 spiro atoms. The number of fused-ring (bicyclic) bond motifs is 2. The van der Waals surface area contributed by atoms with Crippen LogP contribution in [0.3, 0.4) is 0 Å². The van der Waals surface area contributed by atoms with Gasteiger partial charge in [-0.05, 0) is 127 Å². The van der Waals surface area contributed by atoms with Gasteiger partial charge in [0.25, 0.3) is 5.91 Å². The lowest BCUT2D eigenvalue weighted by atomic mass is 9.82. The standard InChI is InChI=1S/C34H39FN2O5/c1-18-14-26-24(16-34(7,8)37(26)31(38)21-12-11-19(2)36-17-21)28(27(18)30(32(39)40)42-33(4,5)6)23-15-25(35)29-22(20(23)3)10-9-13-41-29/h11-12,14-15,17,30H,9-10,13,16H2,1-8H3,(H,39,40)/t30-/m0/s1. The van der Waals surface area contributed by atoms with Gasteiger partial charge in [0.1, 0.15) is 0 Å². The number of hydrogen-bond donors (Lipinski definition) is 1. The van der Waals surface area contributed by atoms with E-state index in [-0.39, 0.29) is 11.7 Å². The maximum absolute atomic E-state index is 15.7. The number of nitrogens with zero attached hydrogens (tertiary/aromatic N) is 2. The van der Waals surface area contributed by atoms with Gasteiger partial charge in [-0.3, -0.25) is 9.78 Å². The van der Waals surface area contributed by atoms with Crippen molar-refractivity contribution in [1.29, 1.82) is 0 Å². The minimum atomic E-state index is -1.31. The predicted octanol–water partition coefficient (Wildman–Crippen LogP) is 7.06. The fourth-order valence-electron chi connectivity index (χ4n) is 6.33. The van der Waals surface area contributed by atoms with Crippen molar-refractivity contribution >= 4 is 17.6 Å². The summed E-state index contributed by atoms with van der Waals surface area (Å²) in [5.74, 6) is -1.56. The zero-order valence-corrected chi connectivity index (χ0v) is 25.6. The van der Waals surface area contributed by atoms with Crippen LogP contribution in [0.5, 0.6) is 5.75 Å². The summed E-state index contributed by atoms with van der Waals surface area (Å²) in [5.41, 5.74) is 5.25. The minimum absolute atomic E-state index is 0.202. The zero-order valence-electron chi connectivity index (χ0n) is 25.6. The second-order valence-corrected chi connectivity index (χ2v) is 13.0. The van der Waals surface area contributed by atoms with E-state index >= 15 is 4.39 Å². The number of carbonyl (C=O) groups is 2. The van der Waals surface area contributed by atoms with Crippen LogP contribution in [0.2, 0.25) is 0 Å². The number of carbonyl (C=O) groups excluding carboxylic acids is 1. The fraction of sp³-hybridized carbons (Fsp3) is 0.441. The lowest BCUT2D eigenvalue weighted by molar-refractivity contribution is -0.160.